The number of oxazole rings is 1. The summed E-state index contributed by atoms with van der Waals surface area (Å²) in [6.07, 6.45) is 3.64. The number of hydrogen-bond donors (Lipinski definition) is 1. The average molecular weight is 277 g/mol. The number of carboxylic acid groups (broad SMARTS) is 1. The summed E-state index contributed by atoms with van der Waals surface area (Å²) < 4.78 is 6.82. The number of aryl methyl sites for hydroxylation is 2. The first-order valence-electron chi connectivity index (χ1n) is 6.96. The van der Waals surface area contributed by atoms with Crippen LogP contribution in [0.3, 0.4) is 0 Å². The van der Waals surface area contributed by atoms with Crippen LogP contribution in [0.5, 0.6) is 0 Å². The lowest BCUT2D eigenvalue weighted by atomic mass is 10.1. The largest absolute Gasteiger partial charge is 0.481 e. The van der Waals surface area contributed by atoms with Crippen molar-refractivity contribution in [2.75, 3.05) is 0 Å². The monoisotopic (exact) mass is 277 g/mol. The standard InChI is InChI=1S/C15H19NO4/c1-2-16-12-9-8-11(10-13(12)20-15(16)19)6-4-3-5-7-14(17)18/h8-10H,2-7H2,1H3,(H,17,18). The summed E-state index contributed by atoms with van der Waals surface area (Å²) in [7, 11) is 0. The van der Waals surface area contributed by atoms with Gasteiger partial charge >= 0.3 is 11.7 Å². The van der Waals surface area contributed by atoms with Gasteiger partial charge in [-0.15, -0.1) is 0 Å². The Hall–Kier alpha value is -2.04. The molecule has 2 aromatic rings. The minimum absolute atomic E-state index is 0.229. The van der Waals surface area contributed by atoms with E-state index in [-0.39, 0.29) is 12.2 Å². The van der Waals surface area contributed by atoms with Crippen molar-refractivity contribution in [3.8, 4) is 0 Å². The van der Waals surface area contributed by atoms with Crippen molar-refractivity contribution in [3.63, 3.8) is 0 Å². The highest BCUT2D eigenvalue weighted by molar-refractivity contribution is 5.73. The third-order valence-electron chi connectivity index (χ3n) is 3.40. The molecule has 0 aliphatic carbocycles. The van der Waals surface area contributed by atoms with E-state index in [2.05, 4.69) is 0 Å². The van der Waals surface area contributed by atoms with Crippen LogP contribution in [0.15, 0.2) is 27.4 Å². The van der Waals surface area contributed by atoms with E-state index < -0.39 is 5.97 Å². The molecular formula is C15H19NO4. The van der Waals surface area contributed by atoms with Gasteiger partial charge in [-0.3, -0.25) is 9.36 Å². The summed E-state index contributed by atoms with van der Waals surface area (Å²) in [6, 6.07) is 5.82. The van der Waals surface area contributed by atoms with Crippen molar-refractivity contribution < 1.29 is 14.3 Å². The van der Waals surface area contributed by atoms with E-state index in [0.717, 1.165) is 30.3 Å². The predicted octanol–water partition coefficient (Wildman–Crippen LogP) is 2.80. The van der Waals surface area contributed by atoms with Crippen molar-refractivity contribution >= 4 is 17.1 Å². The van der Waals surface area contributed by atoms with Gasteiger partial charge in [0.15, 0.2) is 5.58 Å². The van der Waals surface area contributed by atoms with Crippen LogP contribution < -0.4 is 5.76 Å². The summed E-state index contributed by atoms with van der Waals surface area (Å²) >= 11 is 0. The Balaban J connectivity index is 1.98. The van der Waals surface area contributed by atoms with E-state index in [1.54, 1.807) is 4.57 Å². The zero-order valence-corrected chi connectivity index (χ0v) is 11.6. The second kappa shape index (κ2) is 6.41. The molecule has 1 N–H and O–H groups in total. The van der Waals surface area contributed by atoms with E-state index in [1.165, 1.54) is 0 Å². The summed E-state index contributed by atoms with van der Waals surface area (Å²) in [5.41, 5.74) is 2.57. The third-order valence-corrected chi connectivity index (χ3v) is 3.40. The smallest absolute Gasteiger partial charge is 0.419 e. The fourth-order valence-electron chi connectivity index (χ4n) is 2.35. The maximum atomic E-state index is 11.6. The first-order valence-corrected chi connectivity index (χ1v) is 6.96. The Labute approximate surface area is 116 Å². The van der Waals surface area contributed by atoms with Crippen LogP contribution in [0.1, 0.15) is 38.2 Å². The molecule has 0 unspecified atom stereocenters. The van der Waals surface area contributed by atoms with Gasteiger partial charge in [-0.05, 0) is 43.9 Å². The van der Waals surface area contributed by atoms with Crippen molar-refractivity contribution in [1.82, 2.24) is 4.57 Å². The minimum Gasteiger partial charge on any atom is -0.481 e. The van der Waals surface area contributed by atoms with Gasteiger partial charge in [0.1, 0.15) is 0 Å². The molecule has 0 aliphatic heterocycles. The molecule has 1 heterocycles. The predicted molar refractivity (Wildman–Crippen MR) is 76.0 cm³/mol. The first-order chi connectivity index (χ1) is 9.61. The van der Waals surface area contributed by atoms with Crippen LogP contribution in [-0.2, 0) is 17.8 Å². The number of unbranched alkanes of at least 4 members (excludes halogenated alkanes) is 2. The highest BCUT2D eigenvalue weighted by atomic mass is 16.4. The zero-order chi connectivity index (χ0) is 14.5. The van der Waals surface area contributed by atoms with E-state index in [0.29, 0.717) is 18.5 Å². The molecule has 0 spiro atoms. The number of nitrogens with zero attached hydrogens (tertiary/aromatic N) is 1. The second-order valence-electron chi connectivity index (χ2n) is 4.87. The Morgan fingerprint density at radius 3 is 2.80 bits per heavy atom. The molecule has 0 aliphatic rings. The van der Waals surface area contributed by atoms with Crippen molar-refractivity contribution in [2.45, 2.75) is 45.6 Å². The molecule has 1 aromatic carbocycles. The van der Waals surface area contributed by atoms with E-state index in [9.17, 15) is 9.59 Å². The summed E-state index contributed by atoms with van der Waals surface area (Å²) in [5, 5.41) is 8.56. The molecule has 0 atom stereocenters. The van der Waals surface area contributed by atoms with E-state index in [1.807, 2.05) is 25.1 Å². The number of benzene rings is 1. The van der Waals surface area contributed by atoms with Crippen LogP contribution in [0, 0.1) is 0 Å². The molecule has 5 heteroatoms. The van der Waals surface area contributed by atoms with Crippen LogP contribution in [0.25, 0.3) is 11.1 Å². The minimum atomic E-state index is -0.742. The normalized spacial score (nSPS) is 11.1. The van der Waals surface area contributed by atoms with Crippen LogP contribution in [0.2, 0.25) is 0 Å². The SMILES string of the molecule is CCn1c(=O)oc2cc(CCCCCC(=O)O)ccc21. The highest BCUT2D eigenvalue weighted by Gasteiger charge is 2.08. The van der Waals surface area contributed by atoms with E-state index in [4.69, 9.17) is 9.52 Å². The first kappa shape index (κ1) is 14.4. The van der Waals surface area contributed by atoms with Gasteiger partial charge in [-0.1, -0.05) is 12.5 Å². The zero-order valence-electron chi connectivity index (χ0n) is 11.6. The van der Waals surface area contributed by atoms with Crippen molar-refractivity contribution in [2.24, 2.45) is 0 Å². The molecule has 0 bridgehead atoms. The summed E-state index contributed by atoms with van der Waals surface area (Å²) in [6.45, 7) is 2.51. The summed E-state index contributed by atoms with van der Waals surface area (Å²) in [4.78, 5) is 22.0. The highest BCUT2D eigenvalue weighted by Crippen LogP contribution is 2.17. The van der Waals surface area contributed by atoms with Crippen LogP contribution in [-0.4, -0.2) is 15.6 Å². The number of fused-ring (bicyclic) bond motifs is 1. The molecule has 0 fully saturated rings. The van der Waals surface area contributed by atoms with Gasteiger partial charge in [0.25, 0.3) is 0 Å². The van der Waals surface area contributed by atoms with Gasteiger partial charge in [-0.25, -0.2) is 4.79 Å². The number of aromatic nitrogens is 1. The number of rotatable bonds is 7. The number of carboxylic acids is 1. The molecule has 5 nitrogen and oxygen atoms in total. The average Bonchev–Trinajstić information content (AvgIpc) is 2.72. The van der Waals surface area contributed by atoms with Gasteiger partial charge in [-0.2, -0.15) is 0 Å². The molecule has 0 amide bonds. The molecule has 1 aromatic heterocycles. The molecule has 0 saturated carbocycles. The van der Waals surface area contributed by atoms with Crippen LogP contribution in [0.4, 0.5) is 0 Å². The summed E-state index contributed by atoms with van der Waals surface area (Å²) in [5.74, 6) is -1.06. The Morgan fingerprint density at radius 2 is 2.10 bits per heavy atom. The molecule has 0 radical (unpaired) electrons. The number of carbonyl (C=O) groups is 1. The fourth-order valence-corrected chi connectivity index (χ4v) is 2.35. The van der Waals surface area contributed by atoms with Gasteiger partial charge in [0.2, 0.25) is 0 Å². The lowest BCUT2D eigenvalue weighted by Gasteiger charge is -2.02. The Kier molecular flexibility index (Phi) is 4.61. The van der Waals surface area contributed by atoms with Crippen molar-refractivity contribution in [1.29, 1.82) is 0 Å². The molecule has 0 saturated heterocycles. The number of hydrogen-bond acceptors (Lipinski definition) is 3. The second-order valence-corrected chi connectivity index (χ2v) is 4.87. The fraction of sp³-hybridized carbons (Fsp3) is 0.467. The molecule has 108 valence electrons. The molecule has 2 rings (SSSR count). The Bertz CT molecular complexity index is 653. The molecule has 20 heavy (non-hydrogen) atoms. The number of aliphatic carboxylic acids is 1. The molecular weight excluding hydrogens is 258 g/mol. The topological polar surface area (TPSA) is 72.4 Å². The lowest BCUT2D eigenvalue weighted by Crippen LogP contribution is -2.11. The van der Waals surface area contributed by atoms with Crippen LogP contribution >= 0.6 is 0 Å². The lowest BCUT2D eigenvalue weighted by molar-refractivity contribution is -0.137. The maximum Gasteiger partial charge on any atom is 0.419 e. The van der Waals surface area contributed by atoms with Crippen molar-refractivity contribution in [3.05, 3.63) is 34.3 Å². The van der Waals surface area contributed by atoms with Gasteiger partial charge in [0, 0.05) is 13.0 Å². The maximum absolute atomic E-state index is 11.6. The Morgan fingerprint density at radius 1 is 1.30 bits per heavy atom. The third kappa shape index (κ3) is 3.29. The van der Waals surface area contributed by atoms with Gasteiger partial charge < -0.3 is 9.52 Å². The van der Waals surface area contributed by atoms with Gasteiger partial charge in [0.05, 0.1) is 5.52 Å². The quantitative estimate of drug-likeness (QED) is 0.790. The van der Waals surface area contributed by atoms with E-state index >= 15 is 0 Å².